The Hall–Kier alpha value is -1.72. The number of phenols is 1. The lowest BCUT2D eigenvalue weighted by Crippen LogP contribution is -2.12. The van der Waals surface area contributed by atoms with Crippen molar-refractivity contribution in [3.63, 3.8) is 0 Å². The number of sulfonamides is 1. The summed E-state index contributed by atoms with van der Waals surface area (Å²) < 4.78 is 26.3. The summed E-state index contributed by atoms with van der Waals surface area (Å²) in [5.74, 6) is 0.00649. The van der Waals surface area contributed by atoms with Crippen LogP contribution in [-0.4, -0.2) is 13.5 Å². The number of rotatable bonds is 3. The fourth-order valence-electron chi connectivity index (χ4n) is 1.30. The monoisotopic (exact) mass is 282 g/mol. The van der Waals surface area contributed by atoms with Gasteiger partial charge in [-0.2, -0.15) is 0 Å². The Morgan fingerprint density at radius 2 is 1.78 bits per heavy atom. The third kappa shape index (κ3) is 2.94. The average Bonchev–Trinajstić information content (AvgIpc) is 2.32. The van der Waals surface area contributed by atoms with Crippen LogP contribution >= 0.6 is 11.6 Å². The van der Waals surface area contributed by atoms with Crippen LogP contribution in [0.25, 0.3) is 0 Å². The Bertz CT molecular complexity index is 636. The van der Waals surface area contributed by atoms with Gasteiger partial charge in [-0.3, -0.25) is 4.72 Å². The van der Waals surface area contributed by atoms with E-state index in [0.29, 0.717) is 10.7 Å². The van der Waals surface area contributed by atoms with Gasteiger partial charge in [-0.05, 0) is 42.5 Å². The molecule has 2 aromatic carbocycles. The summed E-state index contributed by atoms with van der Waals surface area (Å²) in [5, 5.41) is 9.58. The minimum Gasteiger partial charge on any atom is -0.508 e. The minimum atomic E-state index is -3.68. The first-order chi connectivity index (χ1) is 8.47. The lowest BCUT2D eigenvalue weighted by Gasteiger charge is -2.07. The van der Waals surface area contributed by atoms with E-state index in [2.05, 4.69) is 10.8 Å². The van der Waals surface area contributed by atoms with E-state index in [1.165, 1.54) is 36.4 Å². The van der Waals surface area contributed by atoms with Crippen molar-refractivity contribution in [2.45, 2.75) is 4.90 Å². The highest BCUT2D eigenvalue weighted by atomic mass is 35.5. The second-order valence-electron chi connectivity index (χ2n) is 3.52. The molecule has 0 aliphatic heterocycles. The van der Waals surface area contributed by atoms with Crippen LogP contribution in [0.4, 0.5) is 5.69 Å². The van der Waals surface area contributed by atoms with Gasteiger partial charge in [0.05, 0.1) is 10.6 Å². The van der Waals surface area contributed by atoms with Crippen LogP contribution in [0, 0.1) is 6.07 Å². The van der Waals surface area contributed by atoms with Gasteiger partial charge < -0.3 is 5.11 Å². The molecule has 0 aliphatic carbocycles. The van der Waals surface area contributed by atoms with Crippen LogP contribution < -0.4 is 4.72 Å². The molecule has 0 saturated heterocycles. The molecule has 4 nitrogen and oxygen atoms in total. The van der Waals surface area contributed by atoms with Gasteiger partial charge >= 0.3 is 0 Å². The molecule has 2 rings (SSSR count). The molecule has 0 aromatic heterocycles. The van der Waals surface area contributed by atoms with Gasteiger partial charge in [-0.15, -0.1) is 0 Å². The summed E-state index contributed by atoms with van der Waals surface area (Å²) in [6.07, 6.45) is 0. The van der Waals surface area contributed by atoms with E-state index in [-0.39, 0.29) is 10.6 Å². The molecular weight excluding hydrogens is 274 g/mol. The Balaban J connectivity index is 2.27. The summed E-state index contributed by atoms with van der Waals surface area (Å²) >= 11 is 5.68. The highest BCUT2D eigenvalue weighted by Crippen LogP contribution is 2.19. The van der Waals surface area contributed by atoms with Crippen molar-refractivity contribution in [2.75, 3.05) is 4.72 Å². The molecule has 93 valence electrons. The van der Waals surface area contributed by atoms with Crippen LogP contribution in [0.3, 0.4) is 0 Å². The highest BCUT2D eigenvalue weighted by Gasteiger charge is 2.13. The zero-order valence-corrected chi connectivity index (χ0v) is 10.7. The van der Waals surface area contributed by atoms with Crippen molar-refractivity contribution in [1.82, 2.24) is 0 Å². The first-order valence-electron chi connectivity index (χ1n) is 4.96. The second-order valence-corrected chi connectivity index (χ2v) is 5.64. The van der Waals surface area contributed by atoms with Gasteiger partial charge in [0, 0.05) is 11.1 Å². The van der Waals surface area contributed by atoms with Crippen LogP contribution in [0.1, 0.15) is 0 Å². The van der Waals surface area contributed by atoms with Gasteiger partial charge in [0.1, 0.15) is 5.75 Å². The van der Waals surface area contributed by atoms with Gasteiger partial charge in [-0.1, -0.05) is 11.6 Å². The van der Waals surface area contributed by atoms with Gasteiger partial charge in [-0.25, -0.2) is 8.42 Å². The molecular formula is C12H9ClNO3S. The summed E-state index contributed by atoms with van der Waals surface area (Å²) in [7, 11) is -3.68. The molecule has 18 heavy (non-hydrogen) atoms. The second kappa shape index (κ2) is 4.88. The molecule has 0 saturated carbocycles. The topological polar surface area (TPSA) is 66.4 Å². The van der Waals surface area contributed by atoms with Gasteiger partial charge in [0.15, 0.2) is 0 Å². The summed E-state index contributed by atoms with van der Waals surface area (Å²) in [6, 6.07) is 12.5. The molecule has 0 fully saturated rings. The fraction of sp³-hybridized carbons (Fsp3) is 0. The van der Waals surface area contributed by atoms with E-state index in [1.807, 2.05) is 0 Å². The normalized spacial score (nSPS) is 11.2. The van der Waals surface area contributed by atoms with Crippen molar-refractivity contribution in [3.05, 3.63) is 53.6 Å². The van der Waals surface area contributed by atoms with E-state index < -0.39 is 10.0 Å². The van der Waals surface area contributed by atoms with Crippen molar-refractivity contribution in [2.24, 2.45) is 0 Å². The van der Waals surface area contributed by atoms with Crippen LogP contribution in [0.2, 0.25) is 5.02 Å². The number of hydrogen-bond donors (Lipinski definition) is 2. The summed E-state index contributed by atoms with van der Waals surface area (Å²) in [4.78, 5) is 0.0589. The first-order valence-corrected chi connectivity index (χ1v) is 6.82. The molecule has 1 radical (unpaired) electrons. The van der Waals surface area contributed by atoms with Crippen molar-refractivity contribution in [1.29, 1.82) is 0 Å². The van der Waals surface area contributed by atoms with Gasteiger partial charge in [0.2, 0.25) is 0 Å². The lowest BCUT2D eigenvalue weighted by atomic mass is 10.3. The van der Waals surface area contributed by atoms with Crippen LogP contribution in [-0.2, 0) is 10.0 Å². The Kier molecular flexibility index (Phi) is 3.45. The van der Waals surface area contributed by atoms with Gasteiger partial charge in [0.25, 0.3) is 10.0 Å². The van der Waals surface area contributed by atoms with Crippen LogP contribution in [0.5, 0.6) is 5.75 Å². The third-order valence-corrected chi connectivity index (χ3v) is 3.78. The molecule has 2 aromatic rings. The van der Waals surface area contributed by atoms with E-state index in [4.69, 9.17) is 16.7 Å². The minimum absolute atomic E-state index is 0.00649. The number of benzene rings is 2. The highest BCUT2D eigenvalue weighted by molar-refractivity contribution is 7.92. The number of anilines is 1. The standard InChI is InChI=1S/C12H9ClNO3S/c13-9-1-3-10(4-2-9)14-18(16,17)12-7-5-11(15)6-8-12/h1-3,5-8,14-15H. The Labute approximate surface area is 110 Å². The molecule has 0 aliphatic rings. The summed E-state index contributed by atoms with van der Waals surface area (Å²) in [6.45, 7) is 0. The van der Waals surface area contributed by atoms with Crippen molar-refractivity contribution < 1.29 is 13.5 Å². The number of halogens is 1. The Morgan fingerprint density at radius 1 is 1.11 bits per heavy atom. The number of nitrogens with one attached hydrogen (secondary N) is 1. The molecule has 2 N–H and O–H groups in total. The maximum Gasteiger partial charge on any atom is 0.261 e. The largest absolute Gasteiger partial charge is 0.508 e. The van der Waals surface area contributed by atoms with E-state index in [9.17, 15) is 8.42 Å². The molecule has 0 atom stereocenters. The fourth-order valence-corrected chi connectivity index (χ4v) is 2.44. The maximum atomic E-state index is 12.0. The van der Waals surface area contributed by atoms with E-state index in [0.717, 1.165) is 0 Å². The molecule has 0 heterocycles. The predicted octanol–water partition coefficient (Wildman–Crippen LogP) is 2.65. The molecule has 0 unspecified atom stereocenters. The van der Waals surface area contributed by atoms with Crippen LogP contribution in [0.15, 0.2) is 47.4 Å². The first kappa shape index (κ1) is 12.7. The third-order valence-electron chi connectivity index (χ3n) is 2.17. The number of aromatic hydroxyl groups is 1. The Morgan fingerprint density at radius 3 is 2.33 bits per heavy atom. The van der Waals surface area contributed by atoms with E-state index >= 15 is 0 Å². The molecule has 6 heteroatoms. The molecule has 0 spiro atoms. The lowest BCUT2D eigenvalue weighted by molar-refractivity contribution is 0.475. The SMILES string of the molecule is O=S(=O)(Nc1[c]cc(Cl)cc1)c1ccc(O)cc1. The maximum absolute atomic E-state index is 12.0. The smallest absolute Gasteiger partial charge is 0.261 e. The van der Waals surface area contributed by atoms with E-state index in [1.54, 1.807) is 6.07 Å². The molecule has 0 bridgehead atoms. The zero-order chi connectivity index (χ0) is 13.2. The predicted molar refractivity (Wildman–Crippen MR) is 69.2 cm³/mol. The quantitative estimate of drug-likeness (QED) is 0.909. The number of phenolic OH excluding ortho intramolecular Hbond substituents is 1. The number of hydrogen-bond acceptors (Lipinski definition) is 3. The molecule has 0 amide bonds. The van der Waals surface area contributed by atoms with Crippen molar-refractivity contribution in [3.8, 4) is 5.75 Å². The zero-order valence-electron chi connectivity index (χ0n) is 9.09. The summed E-state index contributed by atoms with van der Waals surface area (Å²) in [5.41, 5.74) is 0.299. The van der Waals surface area contributed by atoms with Crippen molar-refractivity contribution >= 4 is 27.3 Å². The average molecular weight is 283 g/mol.